The van der Waals surface area contributed by atoms with E-state index in [0.717, 1.165) is 27.8 Å². The van der Waals surface area contributed by atoms with E-state index in [-0.39, 0.29) is 0 Å². The molecule has 0 unspecified atom stereocenters. The normalized spacial score (nSPS) is 11.4. The highest BCUT2D eigenvalue weighted by atomic mass is 15.0. The minimum Gasteiger partial charge on any atom is -0.308 e. The van der Waals surface area contributed by atoms with Gasteiger partial charge in [-0.15, -0.1) is 0 Å². The summed E-state index contributed by atoms with van der Waals surface area (Å²) in [6.45, 7) is 7.57. The second kappa shape index (κ2) is 11.4. The van der Waals surface area contributed by atoms with Crippen LogP contribution in [0.15, 0.2) is 115 Å². The Hall–Kier alpha value is -6.08. The molecule has 3 heterocycles. The first kappa shape index (κ1) is 28.4. The van der Waals surface area contributed by atoms with Gasteiger partial charge in [0.1, 0.15) is 23.3 Å². The fraction of sp³-hybridized carbons (Fsp3) is 0.100. The van der Waals surface area contributed by atoms with Crippen molar-refractivity contribution in [1.82, 2.24) is 34.5 Å². The molecule has 7 heteroatoms. The first-order valence-electron chi connectivity index (χ1n) is 15.6. The van der Waals surface area contributed by atoms with Crippen molar-refractivity contribution in [3.8, 4) is 50.7 Å². The van der Waals surface area contributed by atoms with Gasteiger partial charge in [0.15, 0.2) is 11.6 Å². The molecule has 0 radical (unpaired) electrons. The van der Waals surface area contributed by atoms with Crippen molar-refractivity contribution < 1.29 is 0 Å². The Bertz CT molecular complexity index is 2310. The van der Waals surface area contributed by atoms with Gasteiger partial charge in [-0.1, -0.05) is 72.8 Å². The van der Waals surface area contributed by atoms with E-state index in [1.807, 2.05) is 27.7 Å². The van der Waals surface area contributed by atoms with E-state index in [1.165, 1.54) is 33.0 Å². The lowest BCUT2D eigenvalue weighted by atomic mass is 10.0. The van der Waals surface area contributed by atoms with Crippen molar-refractivity contribution in [1.29, 1.82) is 0 Å². The summed E-state index contributed by atoms with van der Waals surface area (Å²) >= 11 is 0. The predicted molar refractivity (Wildman–Crippen MR) is 188 cm³/mol. The van der Waals surface area contributed by atoms with Crippen LogP contribution in [-0.4, -0.2) is 34.5 Å². The average Bonchev–Trinajstić information content (AvgIpc) is 3.41. The van der Waals surface area contributed by atoms with Gasteiger partial charge in [-0.2, -0.15) is 0 Å². The molecule has 0 fully saturated rings. The number of aromatic nitrogens is 7. The lowest BCUT2D eigenvalue weighted by Crippen LogP contribution is -2.04. The molecule has 0 spiro atoms. The molecule has 0 N–H and O–H groups in total. The van der Waals surface area contributed by atoms with Crippen LogP contribution in [0.1, 0.15) is 23.3 Å². The number of fused-ring (bicyclic) bond motifs is 3. The topological polar surface area (TPSA) is 82.3 Å². The van der Waals surface area contributed by atoms with Gasteiger partial charge in [0, 0.05) is 21.9 Å². The predicted octanol–water partition coefficient (Wildman–Crippen LogP) is 9.06. The Kier molecular flexibility index (Phi) is 6.87. The van der Waals surface area contributed by atoms with E-state index in [0.29, 0.717) is 34.9 Å². The van der Waals surface area contributed by atoms with Gasteiger partial charge < -0.3 is 4.57 Å². The molecule has 0 aliphatic rings. The van der Waals surface area contributed by atoms with Crippen LogP contribution in [0, 0.1) is 27.7 Å². The van der Waals surface area contributed by atoms with Gasteiger partial charge in [-0.05, 0) is 92.4 Å². The number of benzene rings is 5. The quantitative estimate of drug-likeness (QED) is 0.194. The number of hydrogen-bond donors (Lipinski definition) is 0. The first-order valence-corrected chi connectivity index (χ1v) is 15.6. The fourth-order valence-corrected chi connectivity index (χ4v) is 6.43. The van der Waals surface area contributed by atoms with E-state index in [9.17, 15) is 0 Å². The molecule has 0 aliphatic carbocycles. The number of hydrogen-bond acceptors (Lipinski definition) is 6. The molecule has 0 saturated heterocycles. The third-order valence-electron chi connectivity index (χ3n) is 8.43. The summed E-state index contributed by atoms with van der Waals surface area (Å²) in [5.74, 6) is 3.90. The van der Waals surface area contributed by atoms with Gasteiger partial charge in [0.25, 0.3) is 0 Å². The lowest BCUT2D eigenvalue weighted by Gasteiger charge is -2.15. The summed E-state index contributed by atoms with van der Waals surface area (Å²) in [4.78, 5) is 27.8. The Morgan fingerprint density at radius 1 is 0.383 bits per heavy atom. The molecule has 0 saturated carbocycles. The third-order valence-corrected chi connectivity index (χ3v) is 8.43. The number of rotatable bonds is 5. The van der Waals surface area contributed by atoms with Crippen LogP contribution in [0.5, 0.6) is 0 Å². The van der Waals surface area contributed by atoms with Crippen molar-refractivity contribution in [2.75, 3.05) is 0 Å². The van der Waals surface area contributed by atoms with Gasteiger partial charge in [-0.3, -0.25) is 0 Å². The van der Waals surface area contributed by atoms with Crippen LogP contribution in [0.4, 0.5) is 0 Å². The van der Waals surface area contributed by atoms with Crippen LogP contribution in [-0.2, 0) is 0 Å². The molecule has 0 bridgehead atoms. The SMILES string of the molecule is Cc1nc(C)nc(-c2ccc(-n3c4ccc(-c5ccccc5)cc4c4cc(-c5ccccc5)ccc43)c(-c3nc(C)nc(C)n3)c2)n1. The molecule has 226 valence electrons. The minimum absolute atomic E-state index is 0.603. The number of nitrogens with zero attached hydrogens (tertiary/aromatic N) is 7. The summed E-state index contributed by atoms with van der Waals surface area (Å²) in [6, 6.07) is 40.8. The van der Waals surface area contributed by atoms with Crippen molar-refractivity contribution in [2.45, 2.75) is 27.7 Å². The maximum Gasteiger partial charge on any atom is 0.165 e. The lowest BCUT2D eigenvalue weighted by molar-refractivity contribution is 0.924. The molecular formula is C40H31N7. The summed E-state index contributed by atoms with van der Waals surface area (Å²) < 4.78 is 2.33. The second-order valence-electron chi connectivity index (χ2n) is 11.8. The minimum atomic E-state index is 0.603. The summed E-state index contributed by atoms with van der Waals surface area (Å²) in [5, 5.41) is 2.33. The third kappa shape index (κ3) is 5.21. The van der Waals surface area contributed by atoms with Gasteiger partial charge in [-0.25, -0.2) is 29.9 Å². The highest BCUT2D eigenvalue weighted by Crippen LogP contribution is 2.40. The number of aryl methyl sites for hydroxylation is 4. The zero-order chi connectivity index (χ0) is 32.1. The van der Waals surface area contributed by atoms with E-state index < -0.39 is 0 Å². The van der Waals surface area contributed by atoms with Crippen LogP contribution in [0.3, 0.4) is 0 Å². The molecule has 0 aliphatic heterocycles. The van der Waals surface area contributed by atoms with Crippen LogP contribution in [0.25, 0.3) is 72.5 Å². The monoisotopic (exact) mass is 609 g/mol. The molecule has 7 nitrogen and oxygen atoms in total. The highest BCUT2D eigenvalue weighted by molar-refractivity contribution is 6.12. The summed E-state index contributed by atoms with van der Waals surface area (Å²) in [6.07, 6.45) is 0. The van der Waals surface area contributed by atoms with Crippen molar-refractivity contribution in [3.63, 3.8) is 0 Å². The molecule has 8 rings (SSSR count). The van der Waals surface area contributed by atoms with Crippen LogP contribution < -0.4 is 0 Å². The zero-order valence-corrected chi connectivity index (χ0v) is 26.6. The first-order chi connectivity index (χ1) is 22.9. The highest BCUT2D eigenvalue weighted by Gasteiger charge is 2.20. The average molecular weight is 610 g/mol. The second-order valence-corrected chi connectivity index (χ2v) is 11.8. The van der Waals surface area contributed by atoms with E-state index in [1.54, 1.807) is 0 Å². The van der Waals surface area contributed by atoms with Crippen LogP contribution >= 0.6 is 0 Å². The van der Waals surface area contributed by atoms with Gasteiger partial charge in [0.05, 0.1) is 16.7 Å². The smallest absolute Gasteiger partial charge is 0.165 e. The largest absolute Gasteiger partial charge is 0.308 e. The maximum atomic E-state index is 4.82. The standard InChI is InChI=1S/C40H31N7/c1-24-41-25(2)44-39(43-24)32-17-20-38(35(23-32)40-45-26(3)42-27(4)46-40)47-36-18-15-30(28-11-7-5-8-12-28)21-33(36)34-22-31(16-19-37(34)47)29-13-9-6-10-14-29/h5-23H,1-4H3. The van der Waals surface area contributed by atoms with Crippen molar-refractivity contribution >= 4 is 21.8 Å². The van der Waals surface area contributed by atoms with Gasteiger partial charge in [0.2, 0.25) is 0 Å². The molecule has 47 heavy (non-hydrogen) atoms. The maximum absolute atomic E-state index is 4.82. The van der Waals surface area contributed by atoms with Crippen LogP contribution in [0.2, 0.25) is 0 Å². The molecule has 3 aromatic heterocycles. The molecule has 0 atom stereocenters. The van der Waals surface area contributed by atoms with Crippen molar-refractivity contribution in [3.05, 3.63) is 139 Å². The Morgan fingerprint density at radius 3 is 1.32 bits per heavy atom. The van der Waals surface area contributed by atoms with E-state index in [4.69, 9.17) is 9.97 Å². The molecular weight excluding hydrogens is 578 g/mol. The summed E-state index contributed by atoms with van der Waals surface area (Å²) in [5.41, 5.74) is 9.57. The van der Waals surface area contributed by atoms with E-state index >= 15 is 0 Å². The molecule has 5 aromatic carbocycles. The van der Waals surface area contributed by atoms with Crippen molar-refractivity contribution in [2.24, 2.45) is 0 Å². The summed E-state index contributed by atoms with van der Waals surface area (Å²) in [7, 11) is 0. The van der Waals surface area contributed by atoms with Gasteiger partial charge >= 0.3 is 0 Å². The Labute approximate surface area is 272 Å². The van der Waals surface area contributed by atoms with E-state index in [2.05, 4.69) is 140 Å². The fourth-order valence-electron chi connectivity index (χ4n) is 6.43. The Balaban J connectivity index is 1.44. The Morgan fingerprint density at radius 2 is 0.830 bits per heavy atom. The molecule has 8 aromatic rings. The zero-order valence-electron chi connectivity index (χ0n) is 26.6. The molecule has 0 amide bonds.